The van der Waals surface area contributed by atoms with Crippen LogP contribution in [0.1, 0.15) is 56.9 Å². The number of aryl methyl sites for hydroxylation is 1. The normalized spacial score (nSPS) is 22.6. The molecule has 23 heavy (non-hydrogen) atoms. The van der Waals surface area contributed by atoms with Crippen molar-refractivity contribution in [3.8, 4) is 0 Å². The van der Waals surface area contributed by atoms with Crippen molar-refractivity contribution in [2.24, 2.45) is 0 Å². The molecule has 127 valence electrons. The minimum Gasteiger partial charge on any atom is -1.00 e. The molecule has 1 aliphatic carbocycles. The molecular weight excluding hydrogens is 374 g/mol. The summed E-state index contributed by atoms with van der Waals surface area (Å²) in [5.74, 6) is 0. The summed E-state index contributed by atoms with van der Waals surface area (Å²) in [7, 11) is -0.463. The van der Waals surface area contributed by atoms with Crippen molar-refractivity contribution in [2.75, 3.05) is 0 Å². The van der Waals surface area contributed by atoms with E-state index in [2.05, 4.69) is 82.5 Å². The van der Waals surface area contributed by atoms with Crippen LogP contribution in [0, 0.1) is 6.92 Å². The maximum atomic E-state index is 2.61. The summed E-state index contributed by atoms with van der Waals surface area (Å²) in [6.07, 6.45) is 0. The molecule has 0 heterocycles. The molecule has 0 radical (unpaired) electrons. The number of rotatable bonds is 3. The smallest absolute Gasteiger partial charge is 1.00 e. The predicted molar refractivity (Wildman–Crippen MR) is 103 cm³/mol. The predicted octanol–water partition coefficient (Wildman–Crippen LogP) is 4.38. The van der Waals surface area contributed by atoms with Gasteiger partial charge in [-0.05, 0) is 0 Å². The summed E-state index contributed by atoms with van der Waals surface area (Å²) in [5, 5.41) is 1.84. The van der Waals surface area contributed by atoms with E-state index in [1.807, 2.05) is 0 Å². The minimum absolute atomic E-state index is 0. The first-order chi connectivity index (χ1) is 10.5. The third-order valence-electron chi connectivity index (χ3n) is 5.53. The first-order valence-electron chi connectivity index (χ1n) is 8.46. The molecule has 0 aliphatic heterocycles. The SMILES string of the molecule is CC1=C(C)C(C)([SiH2]c2ccccc2C)C([N]([Zr])C(C)(C)C)=C1C.[H-].[H-]. The van der Waals surface area contributed by atoms with Crippen LogP contribution in [0.15, 0.2) is 46.7 Å². The van der Waals surface area contributed by atoms with Crippen molar-refractivity contribution < 1.29 is 27.9 Å². The van der Waals surface area contributed by atoms with Gasteiger partial charge in [-0.25, -0.2) is 0 Å². The second-order valence-electron chi connectivity index (χ2n) is 8.17. The van der Waals surface area contributed by atoms with Gasteiger partial charge >= 0.3 is 161 Å². The summed E-state index contributed by atoms with van der Waals surface area (Å²) in [4.78, 5) is 0. The zero-order valence-electron chi connectivity index (χ0n) is 18.0. The van der Waals surface area contributed by atoms with E-state index in [1.54, 1.807) is 16.5 Å². The Hall–Kier alpha value is -0.400. The van der Waals surface area contributed by atoms with E-state index in [4.69, 9.17) is 0 Å². The van der Waals surface area contributed by atoms with Crippen LogP contribution in [0.25, 0.3) is 0 Å². The zero-order valence-corrected chi connectivity index (χ0v) is 19.8. The molecule has 1 unspecified atom stereocenters. The first-order valence-corrected chi connectivity index (χ1v) is 11.0. The van der Waals surface area contributed by atoms with Crippen molar-refractivity contribution >= 4 is 14.7 Å². The number of benzene rings is 1. The second-order valence-corrected chi connectivity index (χ2v) is 11.8. The van der Waals surface area contributed by atoms with Gasteiger partial charge < -0.3 is 2.85 Å². The van der Waals surface area contributed by atoms with Gasteiger partial charge in [0.25, 0.3) is 0 Å². The van der Waals surface area contributed by atoms with Gasteiger partial charge in [-0.3, -0.25) is 0 Å². The number of nitrogens with zero attached hydrogens (tertiary/aromatic N) is 1. The van der Waals surface area contributed by atoms with E-state index < -0.39 is 9.52 Å². The fourth-order valence-electron chi connectivity index (χ4n) is 3.62. The van der Waals surface area contributed by atoms with Gasteiger partial charge in [-0.1, -0.05) is 0 Å². The molecule has 0 fully saturated rings. The van der Waals surface area contributed by atoms with Crippen LogP contribution in [-0.2, 0) is 25.0 Å². The monoisotopic (exact) mass is 404 g/mol. The molecule has 0 amide bonds. The summed E-state index contributed by atoms with van der Waals surface area (Å²) in [6.45, 7) is 18.8. The van der Waals surface area contributed by atoms with Gasteiger partial charge in [-0.15, -0.1) is 0 Å². The number of hydrogen-bond donors (Lipinski definition) is 0. The Morgan fingerprint density at radius 2 is 1.61 bits per heavy atom. The molecule has 1 atom stereocenters. The van der Waals surface area contributed by atoms with Crippen LogP contribution >= 0.6 is 0 Å². The molecule has 1 aromatic carbocycles. The van der Waals surface area contributed by atoms with Gasteiger partial charge in [0, 0.05) is 0 Å². The Kier molecular flexibility index (Phi) is 5.34. The third kappa shape index (κ3) is 3.37. The third-order valence-corrected chi connectivity index (χ3v) is 10.5. The van der Waals surface area contributed by atoms with Crippen molar-refractivity contribution in [1.29, 1.82) is 0 Å². The Morgan fingerprint density at radius 3 is 2.13 bits per heavy atom. The summed E-state index contributed by atoms with van der Waals surface area (Å²) >= 11 is 1.49. The summed E-state index contributed by atoms with van der Waals surface area (Å²) in [6, 6.07) is 8.98. The van der Waals surface area contributed by atoms with Crippen molar-refractivity contribution in [3.05, 3.63) is 52.2 Å². The fraction of sp³-hybridized carbons (Fsp3) is 0.500. The van der Waals surface area contributed by atoms with Crippen LogP contribution in [-0.4, -0.2) is 17.9 Å². The van der Waals surface area contributed by atoms with Crippen LogP contribution in [0.3, 0.4) is 0 Å². The molecule has 0 bridgehead atoms. The number of hydrogen-bond acceptors (Lipinski definition) is 1. The van der Waals surface area contributed by atoms with Gasteiger partial charge in [-0.2, -0.15) is 0 Å². The Labute approximate surface area is 163 Å². The van der Waals surface area contributed by atoms with Gasteiger partial charge in [0.05, 0.1) is 0 Å². The molecule has 2 rings (SSSR count). The first kappa shape index (κ1) is 18.9. The summed E-state index contributed by atoms with van der Waals surface area (Å²) < 4.78 is 2.61. The Bertz CT molecular complexity index is 691. The van der Waals surface area contributed by atoms with Crippen molar-refractivity contribution in [3.63, 3.8) is 0 Å². The molecule has 0 saturated carbocycles. The maximum absolute atomic E-state index is 2.61. The van der Waals surface area contributed by atoms with E-state index in [0.29, 0.717) is 0 Å². The minimum atomic E-state index is -0.463. The quantitative estimate of drug-likeness (QED) is 0.675. The van der Waals surface area contributed by atoms with Crippen LogP contribution in [0.4, 0.5) is 0 Å². The fourth-order valence-corrected chi connectivity index (χ4v) is 7.56. The molecule has 0 N–H and O–H groups in total. The molecule has 1 nitrogen and oxygen atoms in total. The average molecular weight is 406 g/mol. The van der Waals surface area contributed by atoms with Crippen LogP contribution in [0.5, 0.6) is 0 Å². The topological polar surface area (TPSA) is 3.24 Å². The van der Waals surface area contributed by atoms with E-state index >= 15 is 0 Å². The molecule has 1 aliphatic rings. The van der Waals surface area contributed by atoms with Crippen LogP contribution in [0.2, 0.25) is 5.04 Å². The van der Waals surface area contributed by atoms with E-state index in [-0.39, 0.29) is 13.4 Å². The zero-order chi connectivity index (χ0) is 17.6. The Morgan fingerprint density at radius 1 is 1.04 bits per heavy atom. The van der Waals surface area contributed by atoms with Crippen LogP contribution < -0.4 is 5.19 Å². The molecule has 0 aromatic heterocycles. The molecular formula is C20H32NSiZr-2. The van der Waals surface area contributed by atoms with Gasteiger partial charge in [0.15, 0.2) is 0 Å². The maximum Gasteiger partial charge on any atom is -1.00 e. The second kappa shape index (κ2) is 6.48. The molecule has 1 aromatic rings. The van der Waals surface area contributed by atoms with E-state index in [9.17, 15) is 0 Å². The van der Waals surface area contributed by atoms with Gasteiger partial charge in [0.2, 0.25) is 0 Å². The number of allylic oxidation sites excluding steroid dienone is 3. The van der Waals surface area contributed by atoms with Crippen molar-refractivity contribution in [2.45, 2.75) is 66.0 Å². The Balaban J connectivity index is 0.00000288. The van der Waals surface area contributed by atoms with Crippen molar-refractivity contribution in [1.82, 2.24) is 2.84 Å². The molecule has 0 saturated heterocycles. The van der Waals surface area contributed by atoms with E-state index in [0.717, 1.165) is 0 Å². The average Bonchev–Trinajstić information content (AvgIpc) is 2.61. The summed E-state index contributed by atoms with van der Waals surface area (Å²) in [5.41, 5.74) is 7.85. The standard InChI is InChI=1S/C20H30NSi.Zr.2H/c1-13-11-9-10-12-17(13)22-20(8)16(4)14(2)15(3)18(20)21-19(5,6)7;;;/h9-12H,22H2,1-8H3;;;/q-1;+1;2*-1. The largest absolute Gasteiger partial charge is 1.00 e. The van der Waals surface area contributed by atoms with E-state index in [1.165, 1.54) is 41.7 Å². The molecule has 0 spiro atoms. The molecule has 3 heteroatoms. The van der Waals surface area contributed by atoms with Gasteiger partial charge in [0.1, 0.15) is 0 Å².